The van der Waals surface area contributed by atoms with Crippen molar-refractivity contribution in [1.29, 1.82) is 0 Å². The first-order chi connectivity index (χ1) is 10.9. The molecule has 1 nitrogen and oxygen atoms in total. The first-order valence-corrected chi connectivity index (χ1v) is 10.5. The van der Waals surface area contributed by atoms with Crippen LogP contribution >= 0.6 is 0 Å². The molecule has 0 aliphatic heterocycles. The average Bonchev–Trinajstić information content (AvgIpc) is 3.34. The SMILES string of the molecule is CCCCCCCCCCCCCCCCCCOC1CC1. The summed E-state index contributed by atoms with van der Waals surface area (Å²) in [5, 5.41) is 0. The van der Waals surface area contributed by atoms with E-state index in [9.17, 15) is 0 Å². The molecule has 0 heterocycles. The lowest BCUT2D eigenvalue weighted by molar-refractivity contribution is 0.115. The van der Waals surface area contributed by atoms with Crippen LogP contribution in [0, 0.1) is 0 Å². The van der Waals surface area contributed by atoms with Gasteiger partial charge in [-0.1, -0.05) is 103 Å². The fourth-order valence-corrected chi connectivity index (χ4v) is 3.13. The van der Waals surface area contributed by atoms with Gasteiger partial charge in [-0.05, 0) is 19.3 Å². The molecule has 0 aromatic heterocycles. The van der Waals surface area contributed by atoms with E-state index in [1.165, 1.54) is 116 Å². The standard InChI is InChI=1S/C21H42O/c1-2-3-4-5-6-7-8-9-10-11-12-13-14-15-16-17-20-22-21-18-19-21/h21H,2-20H2,1H3. The Bertz CT molecular complexity index is 210. The molecule has 0 spiro atoms. The lowest BCUT2D eigenvalue weighted by Gasteiger charge is -2.04. The zero-order valence-electron chi connectivity index (χ0n) is 15.4. The van der Waals surface area contributed by atoms with Crippen LogP contribution in [0.2, 0.25) is 0 Å². The van der Waals surface area contributed by atoms with Crippen molar-refractivity contribution < 1.29 is 4.74 Å². The molecule has 1 heteroatoms. The predicted molar refractivity (Wildman–Crippen MR) is 98.5 cm³/mol. The molecule has 1 aliphatic carbocycles. The molecule has 0 N–H and O–H groups in total. The summed E-state index contributed by atoms with van der Waals surface area (Å²) in [6.45, 7) is 3.31. The summed E-state index contributed by atoms with van der Waals surface area (Å²) < 4.78 is 5.67. The highest BCUT2D eigenvalue weighted by atomic mass is 16.5. The van der Waals surface area contributed by atoms with E-state index < -0.39 is 0 Å². The van der Waals surface area contributed by atoms with Gasteiger partial charge in [-0.2, -0.15) is 0 Å². The number of hydrogen-bond acceptors (Lipinski definition) is 1. The summed E-state index contributed by atoms with van der Waals surface area (Å²) in [6.07, 6.45) is 26.3. The molecule has 0 bridgehead atoms. The molecule has 0 unspecified atom stereocenters. The molecule has 0 aromatic carbocycles. The van der Waals surface area contributed by atoms with Crippen molar-refractivity contribution in [2.75, 3.05) is 6.61 Å². The van der Waals surface area contributed by atoms with Crippen molar-refractivity contribution in [3.05, 3.63) is 0 Å². The molecule has 0 radical (unpaired) electrons. The summed E-state index contributed by atoms with van der Waals surface area (Å²) in [4.78, 5) is 0. The topological polar surface area (TPSA) is 9.23 Å². The van der Waals surface area contributed by atoms with Crippen LogP contribution in [-0.4, -0.2) is 12.7 Å². The minimum Gasteiger partial charge on any atom is -0.378 e. The van der Waals surface area contributed by atoms with E-state index in [0.717, 1.165) is 6.61 Å². The summed E-state index contributed by atoms with van der Waals surface area (Å²) in [5.41, 5.74) is 0. The quantitative estimate of drug-likeness (QED) is 0.239. The highest BCUT2D eigenvalue weighted by molar-refractivity contribution is 4.72. The van der Waals surface area contributed by atoms with E-state index in [-0.39, 0.29) is 0 Å². The zero-order valence-corrected chi connectivity index (χ0v) is 15.4. The second kappa shape index (κ2) is 15.8. The summed E-state index contributed by atoms with van der Waals surface area (Å²) in [7, 11) is 0. The van der Waals surface area contributed by atoms with Crippen LogP contribution in [0.5, 0.6) is 0 Å². The van der Waals surface area contributed by atoms with E-state index in [2.05, 4.69) is 6.92 Å². The normalized spacial score (nSPS) is 14.6. The van der Waals surface area contributed by atoms with Gasteiger partial charge in [-0.15, -0.1) is 0 Å². The van der Waals surface area contributed by atoms with Crippen molar-refractivity contribution in [2.45, 2.75) is 129 Å². The zero-order chi connectivity index (χ0) is 15.7. The van der Waals surface area contributed by atoms with Crippen LogP contribution in [-0.2, 0) is 4.74 Å². The maximum Gasteiger partial charge on any atom is 0.0577 e. The molecule has 0 aromatic rings. The predicted octanol–water partition coefficient (Wildman–Crippen LogP) is 7.43. The largest absolute Gasteiger partial charge is 0.378 e. The number of hydrogen-bond donors (Lipinski definition) is 0. The third-order valence-electron chi connectivity index (χ3n) is 4.88. The molecule has 0 saturated heterocycles. The Hall–Kier alpha value is -0.0400. The van der Waals surface area contributed by atoms with Gasteiger partial charge < -0.3 is 4.74 Å². The van der Waals surface area contributed by atoms with Crippen molar-refractivity contribution >= 4 is 0 Å². The van der Waals surface area contributed by atoms with Gasteiger partial charge in [0.05, 0.1) is 6.10 Å². The second-order valence-electron chi connectivity index (χ2n) is 7.37. The molecule has 0 atom stereocenters. The molecule has 0 amide bonds. The minimum atomic E-state index is 0.649. The maximum atomic E-state index is 5.67. The average molecular weight is 311 g/mol. The van der Waals surface area contributed by atoms with Crippen molar-refractivity contribution in [3.63, 3.8) is 0 Å². The van der Waals surface area contributed by atoms with Crippen LogP contribution in [0.25, 0.3) is 0 Å². The third-order valence-corrected chi connectivity index (χ3v) is 4.88. The van der Waals surface area contributed by atoms with E-state index in [4.69, 9.17) is 4.74 Å². The molecule has 1 aliphatic rings. The molecule has 132 valence electrons. The van der Waals surface area contributed by atoms with Crippen molar-refractivity contribution in [1.82, 2.24) is 0 Å². The van der Waals surface area contributed by atoms with Gasteiger partial charge in [-0.3, -0.25) is 0 Å². The lowest BCUT2D eigenvalue weighted by atomic mass is 10.0. The summed E-state index contributed by atoms with van der Waals surface area (Å²) in [5.74, 6) is 0. The highest BCUT2D eigenvalue weighted by Gasteiger charge is 2.21. The van der Waals surface area contributed by atoms with Gasteiger partial charge in [0.2, 0.25) is 0 Å². The van der Waals surface area contributed by atoms with E-state index in [0.29, 0.717) is 6.10 Å². The fraction of sp³-hybridized carbons (Fsp3) is 1.00. The van der Waals surface area contributed by atoms with Gasteiger partial charge in [0.1, 0.15) is 0 Å². The lowest BCUT2D eigenvalue weighted by Crippen LogP contribution is -1.95. The Morgan fingerprint density at radius 3 is 1.27 bits per heavy atom. The second-order valence-corrected chi connectivity index (χ2v) is 7.37. The number of unbranched alkanes of at least 4 members (excludes halogenated alkanes) is 15. The number of ether oxygens (including phenoxy) is 1. The number of rotatable bonds is 18. The first-order valence-electron chi connectivity index (χ1n) is 10.5. The van der Waals surface area contributed by atoms with Crippen LogP contribution in [0.1, 0.15) is 122 Å². The first kappa shape index (κ1) is 20.0. The summed E-state index contributed by atoms with van der Waals surface area (Å²) >= 11 is 0. The van der Waals surface area contributed by atoms with Crippen molar-refractivity contribution in [2.24, 2.45) is 0 Å². The maximum absolute atomic E-state index is 5.67. The Balaban J connectivity index is 1.59. The fourth-order valence-electron chi connectivity index (χ4n) is 3.13. The Morgan fingerprint density at radius 1 is 0.545 bits per heavy atom. The monoisotopic (exact) mass is 310 g/mol. The molecule has 1 fully saturated rings. The van der Waals surface area contributed by atoms with E-state index >= 15 is 0 Å². The van der Waals surface area contributed by atoms with Crippen LogP contribution in [0.4, 0.5) is 0 Å². The smallest absolute Gasteiger partial charge is 0.0577 e. The van der Waals surface area contributed by atoms with Crippen LogP contribution in [0.15, 0.2) is 0 Å². The molecular weight excluding hydrogens is 268 g/mol. The molecule has 1 saturated carbocycles. The van der Waals surface area contributed by atoms with Crippen LogP contribution in [0.3, 0.4) is 0 Å². The van der Waals surface area contributed by atoms with Crippen molar-refractivity contribution in [3.8, 4) is 0 Å². The van der Waals surface area contributed by atoms with E-state index in [1.807, 2.05) is 0 Å². The Labute approximate surface area is 140 Å². The Morgan fingerprint density at radius 2 is 0.909 bits per heavy atom. The van der Waals surface area contributed by atoms with Gasteiger partial charge in [0, 0.05) is 6.61 Å². The van der Waals surface area contributed by atoms with E-state index in [1.54, 1.807) is 0 Å². The molecule has 1 rings (SSSR count). The third kappa shape index (κ3) is 14.9. The molecular formula is C21H42O. The van der Waals surface area contributed by atoms with Gasteiger partial charge >= 0.3 is 0 Å². The molecule has 22 heavy (non-hydrogen) atoms. The van der Waals surface area contributed by atoms with Gasteiger partial charge in [0.25, 0.3) is 0 Å². The Kier molecular flexibility index (Phi) is 14.4. The summed E-state index contributed by atoms with van der Waals surface area (Å²) in [6, 6.07) is 0. The minimum absolute atomic E-state index is 0.649. The highest BCUT2D eigenvalue weighted by Crippen LogP contribution is 2.23. The van der Waals surface area contributed by atoms with Gasteiger partial charge in [-0.25, -0.2) is 0 Å². The van der Waals surface area contributed by atoms with Crippen LogP contribution < -0.4 is 0 Å². The van der Waals surface area contributed by atoms with Gasteiger partial charge in [0.15, 0.2) is 0 Å².